The average molecular weight is 223 g/mol. The van der Waals surface area contributed by atoms with Gasteiger partial charge in [-0.2, -0.15) is 0 Å². The molecule has 0 fully saturated rings. The van der Waals surface area contributed by atoms with E-state index < -0.39 is 5.97 Å². The largest absolute Gasteiger partial charge is 0.481 e. The van der Waals surface area contributed by atoms with Crippen molar-refractivity contribution in [1.29, 1.82) is 0 Å². The van der Waals surface area contributed by atoms with E-state index in [4.69, 9.17) is 5.11 Å². The quantitative estimate of drug-likeness (QED) is 0.795. The first-order chi connectivity index (χ1) is 7.49. The number of carboxylic acids is 1. The highest BCUT2D eigenvalue weighted by Crippen LogP contribution is 2.11. The molecule has 1 heterocycles. The van der Waals surface area contributed by atoms with Gasteiger partial charge >= 0.3 is 5.97 Å². The van der Waals surface area contributed by atoms with E-state index in [9.17, 15) is 4.79 Å². The number of aromatic nitrogens is 2. The third kappa shape index (κ3) is 3.84. The Morgan fingerprint density at radius 1 is 1.56 bits per heavy atom. The van der Waals surface area contributed by atoms with Crippen LogP contribution in [-0.4, -0.2) is 27.1 Å². The van der Waals surface area contributed by atoms with E-state index >= 15 is 0 Å². The van der Waals surface area contributed by atoms with Crippen molar-refractivity contribution in [2.24, 2.45) is 0 Å². The zero-order chi connectivity index (χ0) is 12.1. The van der Waals surface area contributed by atoms with Gasteiger partial charge in [0.15, 0.2) is 0 Å². The molecule has 5 nitrogen and oxygen atoms in total. The van der Waals surface area contributed by atoms with Crippen LogP contribution in [0.1, 0.15) is 31.2 Å². The predicted octanol–water partition coefficient (Wildman–Crippen LogP) is 1.76. The lowest BCUT2D eigenvalue weighted by Gasteiger charge is -2.14. The van der Waals surface area contributed by atoms with Crippen LogP contribution in [-0.2, 0) is 4.79 Å². The molecule has 5 heteroatoms. The number of anilines is 1. The third-order valence-electron chi connectivity index (χ3n) is 2.25. The first-order valence-electron chi connectivity index (χ1n) is 5.27. The van der Waals surface area contributed by atoms with Crippen LogP contribution in [0.4, 0.5) is 5.82 Å². The molecule has 0 radical (unpaired) electrons. The van der Waals surface area contributed by atoms with Crippen molar-refractivity contribution < 1.29 is 9.90 Å². The minimum absolute atomic E-state index is 0.0749. The summed E-state index contributed by atoms with van der Waals surface area (Å²) in [6.07, 6.45) is 2.44. The van der Waals surface area contributed by atoms with Gasteiger partial charge in [-0.1, -0.05) is 0 Å². The summed E-state index contributed by atoms with van der Waals surface area (Å²) in [4.78, 5) is 18.9. The fraction of sp³-hybridized carbons (Fsp3) is 0.545. The van der Waals surface area contributed by atoms with Crippen LogP contribution in [0, 0.1) is 13.8 Å². The van der Waals surface area contributed by atoms with Crippen LogP contribution in [0.3, 0.4) is 0 Å². The average Bonchev–Trinajstić information content (AvgIpc) is 2.20. The van der Waals surface area contributed by atoms with Gasteiger partial charge in [-0.3, -0.25) is 9.78 Å². The van der Waals surface area contributed by atoms with Crippen LogP contribution in [0.5, 0.6) is 0 Å². The number of rotatable bonds is 5. The highest BCUT2D eigenvalue weighted by atomic mass is 16.4. The van der Waals surface area contributed by atoms with Crippen molar-refractivity contribution >= 4 is 11.8 Å². The summed E-state index contributed by atoms with van der Waals surface area (Å²) in [7, 11) is 0. The molecule has 0 bridgehead atoms. The number of aliphatic carboxylic acids is 1. The molecule has 1 rings (SSSR count). The standard InChI is InChI=1S/C11H17N3O2/c1-7(4-5-10(15)16)13-11-9(3)12-6-8(2)14-11/h6-7H,4-5H2,1-3H3,(H,13,14)(H,15,16). The molecule has 0 spiro atoms. The summed E-state index contributed by atoms with van der Waals surface area (Å²) >= 11 is 0. The minimum atomic E-state index is -0.777. The Kier molecular flexibility index (Phi) is 4.22. The smallest absolute Gasteiger partial charge is 0.303 e. The zero-order valence-corrected chi connectivity index (χ0v) is 9.82. The normalized spacial score (nSPS) is 12.2. The Morgan fingerprint density at radius 2 is 2.25 bits per heavy atom. The summed E-state index contributed by atoms with van der Waals surface area (Å²) in [5.74, 6) is -0.0430. The molecule has 0 saturated carbocycles. The van der Waals surface area contributed by atoms with Crippen molar-refractivity contribution in [3.05, 3.63) is 17.6 Å². The van der Waals surface area contributed by atoms with Crippen molar-refractivity contribution in [3.63, 3.8) is 0 Å². The second-order valence-electron chi connectivity index (χ2n) is 3.92. The molecule has 0 aliphatic rings. The number of hydrogen-bond acceptors (Lipinski definition) is 4. The van der Waals surface area contributed by atoms with Crippen molar-refractivity contribution in [3.8, 4) is 0 Å². The molecular formula is C11H17N3O2. The van der Waals surface area contributed by atoms with E-state index in [2.05, 4.69) is 15.3 Å². The van der Waals surface area contributed by atoms with Gasteiger partial charge in [-0.25, -0.2) is 4.98 Å². The summed E-state index contributed by atoms with van der Waals surface area (Å²) in [5.41, 5.74) is 1.67. The number of nitrogens with one attached hydrogen (secondary N) is 1. The molecule has 0 aliphatic heterocycles. The van der Waals surface area contributed by atoms with Crippen LogP contribution in [0.15, 0.2) is 6.20 Å². The Bertz CT molecular complexity index is 379. The van der Waals surface area contributed by atoms with E-state index in [-0.39, 0.29) is 12.5 Å². The SMILES string of the molecule is Cc1cnc(C)c(NC(C)CCC(=O)O)n1. The lowest BCUT2D eigenvalue weighted by molar-refractivity contribution is -0.137. The topological polar surface area (TPSA) is 75.1 Å². The van der Waals surface area contributed by atoms with Crippen LogP contribution in [0.2, 0.25) is 0 Å². The lowest BCUT2D eigenvalue weighted by atomic mass is 10.2. The fourth-order valence-electron chi connectivity index (χ4n) is 1.32. The van der Waals surface area contributed by atoms with Gasteiger partial charge in [-0.15, -0.1) is 0 Å². The molecular weight excluding hydrogens is 206 g/mol. The zero-order valence-electron chi connectivity index (χ0n) is 9.82. The van der Waals surface area contributed by atoms with E-state index in [0.717, 1.165) is 17.2 Å². The second kappa shape index (κ2) is 5.44. The van der Waals surface area contributed by atoms with E-state index in [1.807, 2.05) is 20.8 Å². The highest BCUT2D eigenvalue weighted by molar-refractivity contribution is 5.66. The first kappa shape index (κ1) is 12.4. The maximum absolute atomic E-state index is 10.4. The number of carbonyl (C=O) groups is 1. The Morgan fingerprint density at radius 3 is 2.88 bits per heavy atom. The predicted molar refractivity (Wildman–Crippen MR) is 61.5 cm³/mol. The third-order valence-corrected chi connectivity index (χ3v) is 2.25. The molecule has 1 aromatic rings. The Balaban J connectivity index is 2.58. The van der Waals surface area contributed by atoms with Crippen LogP contribution < -0.4 is 5.32 Å². The highest BCUT2D eigenvalue weighted by Gasteiger charge is 2.08. The van der Waals surface area contributed by atoms with Gasteiger partial charge in [0.25, 0.3) is 0 Å². The van der Waals surface area contributed by atoms with Gasteiger partial charge < -0.3 is 10.4 Å². The summed E-state index contributed by atoms with van der Waals surface area (Å²) in [5, 5.41) is 11.7. The number of carboxylic acid groups (broad SMARTS) is 1. The molecule has 1 aromatic heterocycles. The number of aryl methyl sites for hydroxylation is 2. The Labute approximate surface area is 94.9 Å². The maximum Gasteiger partial charge on any atom is 0.303 e. The van der Waals surface area contributed by atoms with Gasteiger partial charge in [0, 0.05) is 18.7 Å². The monoisotopic (exact) mass is 223 g/mol. The summed E-state index contributed by atoms with van der Waals surface area (Å²) < 4.78 is 0. The van der Waals surface area contributed by atoms with Gasteiger partial charge in [0.1, 0.15) is 5.82 Å². The van der Waals surface area contributed by atoms with Gasteiger partial charge in [-0.05, 0) is 27.2 Å². The van der Waals surface area contributed by atoms with E-state index in [0.29, 0.717) is 6.42 Å². The molecule has 0 aliphatic carbocycles. The van der Waals surface area contributed by atoms with Gasteiger partial charge in [0.2, 0.25) is 0 Å². The van der Waals surface area contributed by atoms with Crippen molar-refractivity contribution in [1.82, 2.24) is 9.97 Å². The second-order valence-corrected chi connectivity index (χ2v) is 3.92. The molecule has 16 heavy (non-hydrogen) atoms. The first-order valence-corrected chi connectivity index (χ1v) is 5.27. The number of hydrogen-bond donors (Lipinski definition) is 2. The molecule has 1 atom stereocenters. The number of nitrogens with zero attached hydrogens (tertiary/aromatic N) is 2. The van der Waals surface area contributed by atoms with E-state index in [1.165, 1.54) is 0 Å². The molecule has 1 unspecified atom stereocenters. The van der Waals surface area contributed by atoms with Crippen LogP contribution in [0.25, 0.3) is 0 Å². The molecule has 2 N–H and O–H groups in total. The van der Waals surface area contributed by atoms with Crippen molar-refractivity contribution in [2.75, 3.05) is 5.32 Å². The molecule has 0 aromatic carbocycles. The van der Waals surface area contributed by atoms with Gasteiger partial charge in [0.05, 0.1) is 11.4 Å². The summed E-state index contributed by atoms with van der Waals surface area (Å²) in [6.45, 7) is 5.69. The molecule has 0 amide bonds. The van der Waals surface area contributed by atoms with Crippen molar-refractivity contribution in [2.45, 2.75) is 39.7 Å². The lowest BCUT2D eigenvalue weighted by Crippen LogP contribution is -2.18. The Hall–Kier alpha value is -1.65. The molecule has 88 valence electrons. The summed E-state index contributed by atoms with van der Waals surface area (Å²) in [6, 6.07) is 0.0749. The minimum Gasteiger partial charge on any atom is -0.481 e. The molecule has 0 saturated heterocycles. The van der Waals surface area contributed by atoms with E-state index in [1.54, 1.807) is 6.20 Å². The maximum atomic E-state index is 10.4. The van der Waals surface area contributed by atoms with Crippen LogP contribution >= 0.6 is 0 Å². The fourth-order valence-corrected chi connectivity index (χ4v) is 1.32.